The third-order valence-electron chi connectivity index (χ3n) is 4.29. The zero-order valence-electron chi connectivity index (χ0n) is 15.5. The first-order chi connectivity index (χ1) is 14.0. The third kappa shape index (κ3) is 6.54. The van der Waals surface area contributed by atoms with Crippen LogP contribution in [0.3, 0.4) is 0 Å². The Morgan fingerprint density at radius 2 is 1.66 bits per heavy atom. The second-order valence-electron chi connectivity index (χ2n) is 6.15. The summed E-state index contributed by atoms with van der Waals surface area (Å²) in [5.74, 6) is -0.939. The molecule has 2 amide bonds. The number of imide groups is 1. The van der Waals surface area contributed by atoms with E-state index in [0.29, 0.717) is 12.0 Å². The van der Waals surface area contributed by atoms with Crippen molar-refractivity contribution in [3.05, 3.63) is 71.5 Å². The summed E-state index contributed by atoms with van der Waals surface area (Å²) in [6.07, 6.45) is -0.143. The van der Waals surface area contributed by atoms with E-state index in [4.69, 9.17) is 27.9 Å². The van der Waals surface area contributed by atoms with Crippen LogP contribution in [0.5, 0.6) is 0 Å². The summed E-state index contributed by atoms with van der Waals surface area (Å²) in [4.78, 5) is 37.6. The predicted molar refractivity (Wildman–Crippen MR) is 109 cm³/mol. The summed E-state index contributed by atoms with van der Waals surface area (Å²) >= 11 is 9.53. The minimum Gasteiger partial charge on any atom is -0.446 e. The topological polar surface area (TPSA) is 63.7 Å². The Labute approximate surface area is 178 Å². The Morgan fingerprint density at radius 3 is 2.28 bits per heavy atom. The Balaban J connectivity index is 0.000000941. The molecule has 1 atom stereocenters. The molecular formula is C21H20Cl2FNO4. The lowest BCUT2D eigenvalue weighted by molar-refractivity contribution is -0.129. The van der Waals surface area contributed by atoms with Crippen molar-refractivity contribution < 1.29 is 23.5 Å². The summed E-state index contributed by atoms with van der Waals surface area (Å²) in [5.41, 5.74) is 1.23. The molecule has 8 heteroatoms. The fraction of sp³-hybridized carbons (Fsp3) is 0.286. The molecule has 1 fully saturated rings. The summed E-state index contributed by atoms with van der Waals surface area (Å²) < 4.78 is 17.9. The minimum absolute atomic E-state index is 0.0609. The highest BCUT2D eigenvalue weighted by Gasteiger charge is 2.38. The molecule has 0 aliphatic carbocycles. The van der Waals surface area contributed by atoms with E-state index in [9.17, 15) is 18.8 Å². The lowest BCUT2D eigenvalue weighted by atomic mass is 10.0. The molecule has 0 radical (unpaired) electrons. The molecule has 1 saturated heterocycles. The molecule has 3 rings (SSSR count). The van der Waals surface area contributed by atoms with E-state index in [1.807, 2.05) is 30.3 Å². The molecule has 1 aliphatic rings. The first-order valence-corrected chi connectivity index (χ1v) is 9.99. The van der Waals surface area contributed by atoms with Crippen LogP contribution >= 0.6 is 23.2 Å². The monoisotopic (exact) mass is 439 g/mol. The van der Waals surface area contributed by atoms with Crippen LogP contribution in [-0.4, -0.2) is 34.6 Å². The highest BCUT2D eigenvalue weighted by atomic mass is 35.5. The molecule has 0 N–H and O–H groups in total. The van der Waals surface area contributed by atoms with Gasteiger partial charge in [0.1, 0.15) is 18.5 Å². The largest absolute Gasteiger partial charge is 0.446 e. The molecule has 0 aromatic heterocycles. The Kier molecular flexibility index (Phi) is 9.09. The molecule has 1 aliphatic heterocycles. The molecule has 2 aromatic rings. The van der Waals surface area contributed by atoms with Gasteiger partial charge >= 0.3 is 6.09 Å². The molecule has 0 unspecified atom stereocenters. The van der Waals surface area contributed by atoms with E-state index < -0.39 is 18.0 Å². The van der Waals surface area contributed by atoms with Gasteiger partial charge in [0.15, 0.2) is 5.78 Å². The van der Waals surface area contributed by atoms with Crippen molar-refractivity contribution in [1.82, 2.24) is 4.90 Å². The first kappa shape index (κ1) is 22.8. The predicted octanol–water partition coefficient (Wildman–Crippen LogP) is 5.32. The highest BCUT2D eigenvalue weighted by Crippen LogP contribution is 2.28. The van der Waals surface area contributed by atoms with Gasteiger partial charge < -0.3 is 4.74 Å². The number of alkyl halides is 2. The van der Waals surface area contributed by atoms with Crippen molar-refractivity contribution in [2.24, 2.45) is 0 Å². The summed E-state index contributed by atoms with van der Waals surface area (Å²) in [6.45, 7) is 0.128. The first-order valence-electron chi connectivity index (χ1n) is 8.92. The number of amides is 2. The van der Waals surface area contributed by atoms with Crippen LogP contribution in [0.4, 0.5) is 9.18 Å². The molecule has 5 nitrogen and oxygen atoms in total. The number of carbonyl (C=O) groups is 3. The fourth-order valence-electron chi connectivity index (χ4n) is 2.92. The van der Waals surface area contributed by atoms with Gasteiger partial charge in [0, 0.05) is 18.4 Å². The van der Waals surface area contributed by atoms with Crippen molar-refractivity contribution in [3.8, 4) is 0 Å². The van der Waals surface area contributed by atoms with Crippen molar-refractivity contribution in [2.45, 2.75) is 25.3 Å². The number of halogens is 3. The van der Waals surface area contributed by atoms with Crippen molar-refractivity contribution in [2.75, 3.05) is 11.9 Å². The van der Waals surface area contributed by atoms with Crippen molar-refractivity contribution >= 4 is 41.0 Å². The molecule has 0 spiro atoms. The number of carbonyl (C=O) groups excluding carboxylic acids is 3. The van der Waals surface area contributed by atoms with Gasteiger partial charge in [0.05, 0.1) is 5.34 Å². The van der Waals surface area contributed by atoms with Crippen molar-refractivity contribution in [1.29, 1.82) is 0 Å². The Morgan fingerprint density at radius 1 is 1.03 bits per heavy atom. The van der Waals surface area contributed by atoms with Gasteiger partial charge in [0.2, 0.25) is 5.91 Å². The minimum atomic E-state index is -0.659. The van der Waals surface area contributed by atoms with Crippen LogP contribution in [0, 0.1) is 5.82 Å². The summed E-state index contributed by atoms with van der Waals surface area (Å²) in [7, 11) is 0. The standard InChI is InChI=1S/C20H18FNO4.CH2Cl2/c21-16-11-9-15(10-12-16)18(23)7-4-8-19(24)22-17(13-26-20(22)25)14-5-2-1-3-6-14;2-1-3/h1-3,5-6,9-12,17H,4,7-8,13H2;1H2/t17-;/m1./s1. The zero-order valence-corrected chi connectivity index (χ0v) is 17.0. The number of hydrogen-bond acceptors (Lipinski definition) is 4. The number of cyclic esters (lactones) is 1. The summed E-state index contributed by atoms with van der Waals surface area (Å²) in [6, 6.07) is 14.1. The van der Waals surface area contributed by atoms with E-state index in [1.54, 1.807) is 0 Å². The number of Topliss-reactive ketones (excluding diaryl/α,β-unsaturated/α-hetero) is 1. The van der Waals surface area contributed by atoms with Gasteiger partial charge in [-0.1, -0.05) is 30.3 Å². The van der Waals surface area contributed by atoms with E-state index in [2.05, 4.69) is 0 Å². The van der Waals surface area contributed by atoms with E-state index in [1.165, 1.54) is 24.3 Å². The van der Waals surface area contributed by atoms with Gasteiger partial charge in [-0.15, -0.1) is 23.2 Å². The molecule has 1 heterocycles. The highest BCUT2D eigenvalue weighted by molar-refractivity contribution is 6.40. The molecule has 154 valence electrons. The van der Waals surface area contributed by atoms with Gasteiger partial charge in [-0.3, -0.25) is 9.59 Å². The molecular weight excluding hydrogens is 420 g/mol. The lowest BCUT2D eigenvalue weighted by Gasteiger charge is -2.19. The van der Waals surface area contributed by atoms with Crippen LogP contribution in [0.1, 0.15) is 41.2 Å². The fourth-order valence-corrected chi connectivity index (χ4v) is 2.92. The third-order valence-corrected chi connectivity index (χ3v) is 4.29. The average molecular weight is 440 g/mol. The number of ketones is 1. The maximum absolute atomic E-state index is 12.9. The molecule has 29 heavy (non-hydrogen) atoms. The van der Waals surface area contributed by atoms with Gasteiger partial charge in [-0.25, -0.2) is 14.1 Å². The second kappa shape index (κ2) is 11.5. The molecule has 0 bridgehead atoms. The SMILES string of the molecule is ClCCl.O=C(CCCC(=O)N1C(=O)OC[C@@H]1c1ccccc1)c1ccc(F)cc1. The average Bonchev–Trinajstić information content (AvgIpc) is 3.11. The Hall–Kier alpha value is -2.44. The number of nitrogens with zero attached hydrogens (tertiary/aromatic N) is 1. The van der Waals surface area contributed by atoms with Crippen LogP contribution in [0.25, 0.3) is 0 Å². The van der Waals surface area contributed by atoms with Crippen LogP contribution in [-0.2, 0) is 9.53 Å². The molecule has 0 saturated carbocycles. The van der Waals surface area contributed by atoms with Gasteiger partial charge in [0.25, 0.3) is 0 Å². The second-order valence-corrected chi connectivity index (χ2v) is 6.96. The van der Waals surface area contributed by atoms with Crippen molar-refractivity contribution in [3.63, 3.8) is 0 Å². The quantitative estimate of drug-likeness (QED) is 0.451. The van der Waals surface area contributed by atoms with Crippen LogP contribution in [0.2, 0.25) is 0 Å². The summed E-state index contributed by atoms with van der Waals surface area (Å²) in [5, 5.41) is 0.194. The van der Waals surface area contributed by atoms with E-state index in [-0.39, 0.29) is 36.5 Å². The van der Waals surface area contributed by atoms with Crippen LogP contribution < -0.4 is 0 Å². The number of rotatable bonds is 6. The number of benzene rings is 2. The zero-order chi connectivity index (χ0) is 21.2. The maximum Gasteiger partial charge on any atom is 0.417 e. The van der Waals surface area contributed by atoms with E-state index >= 15 is 0 Å². The number of hydrogen-bond donors (Lipinski definition) is 0. The van der Waals surface area contributed by atoms with Crippen LogP contribution in [0.15, 0.2) is 54.6 Å². The van der Waals surface area contributed by atoms with Gasteiger partial charge in [-0.05, 0) is 36.2 Å². The smallest absolute Gasteiger partial charge is 0.417 e. The number of ether oxygens (including phenoxy) is 1. The van der Waals surface area contributed by atoms with E-state index in [0.717, 1.165) is 10.5 Å². The lowest BCUT2D eigenvalue weighted by Crippen LogP contribution is -2.34. The van der Waals surface area contributed by atoms with Gasteiger partial charge in [-0.2, -0.15) is 0 Å². The Bertz CT molecular complexity index is 830. The molecule has 2 aromatic carbocycles. The maximum atomic E-state index is 12.9. The normalized spacial score (nSPS) is 15.3.